The molecule has 2 nitrogen and oxygen atoms in total. The highest BCUT2D eigenvalue weighted by Gasteiger charge is 2.46. The maximum atomic E-state index is 5.36. The summed E-state index contributed by atoms with van der Waals surface area (Å²) in [6.07, 6.45) is 0. The molecule has 0 amide bonds. The average Bonchev–Trinajstić information content (AvgIpc) is 3.88. The smallest absolute Gasteiger partial charge is 0.160 e. The molecule has 2 heterocycles. The van der Waals surface area contributed by atoms with E-state index in [0.29, 0.717) is 5.82 Å². The second kappa shape index (κ2) is 14.8. The van der Waals surface area contributed by atoms with Crippen LogP contribution in [0.3, 0.4) is 0 Å². The topological polar surface area (TPSA) is 25.8 Å². The summed E-state index contributed by atoms with van der Waals surface area (Å²) in [5.74, 6) is 0.694. The van der Waals surface area contributed by atoms with Gasteiger partial charge < -0.3 is 0 Å². The van der Waals surface area contributed by atoms with Crippen molar-refractivity contribution < 1.29 is 0 Å². The Morgan fingerprint density at radius 2 is 0.839 bits per heavy atom. The van der Waals surface area contributed by atoms with Crippen molar-refractivity contribution in [3.05, 3.63) is 253 Å². The van der Waals surface area contributed by atoms with Gasteiger partial charge in [0.05, 0.1) is 16.8 Å². The quantitative estimate of drug-likeness (QED) is 0.160. The molecule has 0 aliphatic heterocycles. The minimum atomic E-state index is -0.466. The summed E-state index contributed by atoms with van der Waals surface area (Å²) in [5.41, 5.74) is 16.6. The van der Waals surface area contributed by atoms with Gasteiger partial charge in [-0.05, 0) is 86.0 Å². The minimum absolute atomic E-state index is 0.466. The monoisotopic (exact) mass is 806 g/mol. The Kier molecular flexibility index (Phi) is 8.62. The fraction of sp³-hybridized carbons (Fsp3) is 0.0169. The van der Waals surface area contributed by atoms with Crippen molar-refractivity contribution in [2.75, 3.05) is 0 Å². The van der Waals surface area contributed by atoms with Crippen LogP contribution >= 0.6 is 11.3 Å². The van der Waals surface area contributed by atoms with Crippen LogP contribution in [-0.4, -0.2) is 9.97 Å². The van der Waals surface area contributed by atoms with Crippen molar-refractivity contribution in [2.45, 2.75) is 5.41 Å². The molecule has 0 N–H and O–H groups in total. The molecule has 0 atom stereocenters. The van der Waals surface area contributed by atoms with E-state index < -0.39 is 5.41 Å². The molecule has 1 aliphatic rings. The molecular formula is C59H38N2S. The number of nitrogens with zero attached hydrogens (tertiary/aromatic N) is 2. The maximum absolute atomic E-state index is 5.36. The lowest BCUT2D eigenvalue weighted by Crippen LogP contribution is -2.28. The van der Waals surface area contributed by atoms with Crippen LogP contribution < -0.4 is 0 Å². The fourth-order valence-electron chi connectivity index (χ4n) is 9.86. The lowest BCUT2D eigenvalue weighted by molar-refractivity contribution is 0.768. The van der Waals surface area contributed by atoms with E-state index in [0.717, 1.165) is 39.2 Å². The van der Waals surface area contributed by atoms with E-state index in [2.05, 4.69) is 224 Å². The molecule has 12 rings (SSSR count). The van der Waals surface area contributed by atoms with Crippen LogP contribution in [0.25, 0.3) is 87.5 Å². The first kappa shape index (κ1) is 36.2. The van der Waals surface area contributed by atoms with Crippen molar-refractivity contribution in [3.63, 3.8) is 0 Å². The highest BCUT2D eigenvalue weighted by atomic mass is 32.1. The van der Waals surface area contributed by atoms with Gasteiger partial charge in [-0.25, -0.2) is 9.97 Å². The van der Waals surface area contributed by atoms with Crippen LogP contribution in [0, 0.1) is 0 Å². The van der Waals surface area contributed by atoms with Crippen LogP contribution in [0.5, 0.6) is 0 Å². The number of thiophene rings is 1. The first-order chi connectivity index (χ1) is 30.7. The van der Waals surface area contributed by atoms with E-state index in [4.69, 9.17) is 9.97 Å². The lowest BCUT2D eigenvalue weighted by Gasteiger charge is -2.33. The molecule has 11 aromatic rings. The van der Waals surface area contributed by atoms with Crippen LogP contribution in [0.15, 0.2) is 231 Å². The summed E-state index contributed by atoms with van der Waals surface area (Å²) in [6, 6.07) is 83.4. The van der Waals surface area contributed by atoms with E-state index in [1.807, 2.05) is 17.4 Å². The first-order valence-corrected chi connectivity index (χ1v) is 22.0. The molecule has 9 aromatic carbocycles. The third-order valence-electron chi connectivity index (χ3n) is 12.6. The van der Waals surface area contributed by atoms with Gasteiger partial charge in [0.15, 0.2) is 5.82 Å². The van der Waals surface area contributed by atoms with Crippen molar-refractivity contribution in [2.24, 2.45) is 0 Å². The highest BCUT2D eigenvalue weighted by molar-refractivity contribution is 7.25. The van der Waals surface area contributed by atoms with Gasteiger partial charge in [-0.2, -0.15) is 0 Å². The van der Waals surface area contributed by atoms with Crippen molar-refractivity contribution in [1.82, 2.24) is 9.97 Å². The molecule has 1 aliphatic carbocycles. The van der Waals surface area contributed by atoms with Gasteiger partial charge in [-0.3, -0.25) is 0 Å². The van der Waals surface area contributed by atoms with E-state index in [-0.39, 0.29) is 0 Å². The molecule has 2 aromatic heterocycles. The van der Waals surface area contributed by atoms with Crippen molar-refractivity contribution in [3.8, 4) is 67.3 Å². The van der Waals surface area contributed by atoms with E-state index >= 15 is 0 Å². The lowest BCUT2D eigenvalue weighted by atomic mass is 9.67. The zero-order valence-corrected chi connectivity index (χ0v) is 34.6. The maximum Gasteiger partial charge on any atom is 0.160 e. The summed E-state index contributed by atoms with van der Waals surface area (Å²) in [5, 5.41) is 2.59. The van der Waals surface area contributed by atoms with E-state index in [1.54, 1.807) is 0 Å². The molecule has 0 radical (unpaired) electrons. The predicted molar refractivity (Wildman–Crippen MR) is 259 cm³/mol. The third kappa shape index (κ3) is 5.78. The normalized spacial score (nSPS) is 12.6. The molecule has 0 unspecified atom stereocenters. The summed E-state index contributed by atoms with van der Waals surface area (Å²) in [4.78, 5) is 10.7. The van der Waals surface area contributed by atoms with Gasteiger partial charge >= 0.3 is 0 Å². The van der Waals surface area contributed by atoms with Gasteiger partial charge in [0.1, 0.15) is 0 Å². The third-order valence-corrected chi connectivity index (χ3v) is 13.8. The number of hydrogen-bond acceptors (Lipinski definition) is 3. The Labute approximate surface area is 365 Å². The first-order valence-electron chi connectivity index (χ1n) is 21.1. The van der Waals surface area contributed by atoms with E-state index in [9.17, 15) is 0 Å². The second-order valence-electron chi connectivity index (χ2n) is 16.0. The van der Waals surface area contributed by atoms with Gasteiger partial charge in [-0.1, -0.05) is 200 Å². The van der Waals surface area contributed by atoms with Gasteiger partial charge in [-0.15, -0.1) is 11.3 Å². The second-order valence-corrected chi connectivity index (χ2v) is 17.1. The zero-order valence-electron chi connectivity index (χ0n) is 33.7. The van der Waals surface area contributed by atoms with Crippen LogP contribution in [0.4, 0.5) is 0 Å². The molecule has 0 saturated carbocycles. The summed E-state index contributed by atoms with van der Waals surface area (Å²) in [6.45, 7) is 0. The molecule has 0 fully saturated rings. The van der Waals surface area contributed by atoms with Crippen molar-refractivity contribution in [1.29, 1.82) is 0 Å². The number of hydrogen-bond donors (Lipinski definition) is 0. The Hall–Kier alpha value is -7.72. The van der Waals surface area contributed by atoms with Gasteiger partial charge in [0, 0.05) is 36.9 Å². The largest absolute Gasteiger partial charge is 0.228 e. The van der Waals surface area contributed by atoms with Crippen molar-refractivity contribution >= 4 is 31.5 Å². The minimum Gasteiger partial charge on any atom is -0.228 e. The molecule has 0 bridgehead atoms. The average molecular weight is 807 g/mol. The fourth-order valence-corrected chi connectivity index (χ4v) is 10.9. The molecule has 3 heteroatoms. The van der Waals surface area contributed by atoms with Gasteiger partial charge in [0.2, 0.25) is 0 Å². The Morgan fingerprint density at radius 1 is 0.306 bits per heavy atom. The summed E-state index contributed by atoms with van der Waals surface area (Å²) in [7, 11) is 0. The zero-order chi connectivity index (χ0) is 41.0. The van der Waals surface area contributed by atoms with Gasteiger partial charge in [0.25, 0.3) is 0 Å². The summed E-state index contributed by atoms with van der Waals surface area (Å²) >= 11 is 1.85. The SMILES string of the molecule is c1ccc(-c2nc(-c3ccc4c(c3)-c3ccccc3C4(c3ccccc3)c3ccccc3)cc(-c3ccccc3-c3ccccc3-c3ccc4sc5ccccc5c4c3)n2)cc1. The van der Waals surface area contributed by atoms with E-state index in [1.165, 1.54) is 64.7 Å². The number of aromatic nitrogens is 2. The molecule has 0 saturated heterocycles. The number of fused-ring (bicyclic) bond motifs is 6. The number of rotatable bonds is 7. The Morgan fingerprint density at radius 3 is 1.58 bits per heavy atom. The molecular weight excluding hydrogens is 769 g/mol. The standard InChI is InChI=1S/C59H38N2S/c1-4-18-39(19-5-1)58-60-54(41-32-34-53-50(37-41)47-27-14-16-30-52(47)59(53,42-20-6-2-7-21-42)43-22-8-3-9-23-43)38-55(61-58)48-28-13-12-26-46(48)45-25-11-10-24-44(45)40-33-35-57-51(36-40)49-29-15-17-31-56(49)62-57/h1-38H. The molecule has 290 valence electrons. The Balaban J connectivity index is 1.04. The number of benzene rings is 9. The molecule has 0 spiro atoms. The summed E-state index contributed by atoms with van der Waals surface area (Å²) < 4.78 is 2.61. The highest BCUT2D eigenvalue weighted by Crippen LogP contribution is 2.56. The van der Waals surface area contributed by atoms with Crippen LogP contribution in [0.2, 0.25) is 0 Å². The Bertz CT molecular complexity index is 3420. The predicted octanol–water partition coefficient (Wildman–Crippen LogP) is 15.5. The van der Waals surface area contributed by atoms with Crippen LogP contribution in [0.1, 0.15) is 22.3 Å². The molecule has 62 heavy (non-hydrogen) atoms. The van der Waals surface area contributed by atoms with Crippen LogP contribution in [-0.2, 0) is 5.41 Å².